The standard InChI is InChI=1S/C11H17NO/c1-8(9-5-4-6-13-9)12-10-7-11(10,2)3/h4-6,8,10,12H,7H2,1-3H3. The number of nitrogens with one attached hydrogen (secondary N) is 1. The van der Waals surface area contributed by atoms with Crippen LogP contribution in [0, 0.1) is 5.41 Å². The molecule has 1 N–H and O–H groups in total. The Morgan fingerprint density at radius 3 is 2.77 bits per heavy atom. The molecule has 0 amide bonds. The third-order valence-electron chi connectivity index (χ3n) is 2.93. The molecule has 1 saturated carbocycles. The van der Waals surface area contributed by atoms with E-state index < -0.39 is 0 Å². The molecule has 1 heterocycles. The van der Waals surface area contributed by atoms with Gasteiger partial charge >= 0.3 is 0 Å². The quantitative estimate of drug-likeness (QED) is 0.771. The van der Waals surface area contributed by atoms with E-state index in [1.54, 1.807) is 6.26 Å². The monoisotopic (exact) mass is 179 g/mol. The molecular formula is C11H17NO. The maximum Gasteiger partial charge on any atom is 0.120 e. The molecule has 2 heteroatoms. The summed E-state index contributed by atoms with van der Waals surface area (Å²) in [6.45, 7) is 6.73. The Hall–Kier alpha value is -0.760. The van der Waals surface area contributed by atoms with Crippen molar-refractivity contribution < 1.29 is 4.42 Å². The number of hydrogen-bond acceptors (Lipinski definition) is 2. The second-order valence-electron chi connectivity index (χ2n) is 4.65. The van der Waals surface area contributed by atoms with Crippen molar-refractivity contribution >= 4 is 0 Å². The smallest absolute Gasteiger partial charge is 0.120 e. The lowest BCUT2D eigenvalue weighted by Gasteiger charge is -2.12. The van der Waals surface area contributed by atoms with Crippen LogP contribution in [-0.2, 0) is 0 Å². The van der Waals surface area contributed by atoms with Crippen LogP contribution in [0.2, 0.25) is 0 Å². The zero-order valence-electron chi connectivity index (χ0n) is 8.50. The van der Waals surface area contributed by atoms with Gasteiger partial charge in [0.05, 0.1) is 12.3 Å². The molecule has 72 valence electrons. The Labute approximate surface area is 79.3 Å². The third kappa shape index (κ3) is 1.78. The van der Waals surface area contributed by atoms with E-state index in [1.165, 1.54) is 6.42 Å². The van der Waals surface area contributed by atoms with Crippen LogP contribution in [0.1, 0.15) is 39.0 Å². The lowest BCUT2D eigenvalue weighted by Crippen LogP contribution is -2.23. The fraction of sp³-hybridized carbons (Fsp3) is 0.636. The predicted molar refractivity (Wildman–Crippen MR) is 52.4 cm³/mol. The van der Waals surface area contributed by atoms with Gasteiger partial charge in [0.2, 0.25) is 0 Å². The van der Waals surface area contributed by atoms with Crippen molar-refractivity contribution in [2.45, 2.75) is 39.3 Å². The van der Waals surface area contributed by atoms with Crippen molar-refractivity contribution in [3.63, 3.8) is 0 Å². The van der Waals surface area contributed by atoms with Gasteiger partial charge in [-0.1, -0.05) is 13.8 Å². The van der Waals surface area contributed by atoms with Gasteiger partial charge in [-0.2, -0.15) is 0 Å². The second kappa shape index (κ2) is 2.88. The van der Waals surface area contributed by atoms with Crippen molar-refractivity contribution in [1.29, 1.82) is 0 Å². The van der Waals surface area contributed by atoms with Crippen LogP contribution in [0.4, 0.5) is 0 Å². The third-order valence-corrected chi connectivity index (χ3v) is 2.93. The Bertz CT molecular complexity index is 276. The van der Waals surface area contributed by atoms with Crippen molar-refractivity contribution in [2.24, 2.45) is 5.41 Å². The highest BCUT2D eigenvalue weighted by atomic mass is 16.3. The minimum Gasteiger partial charge on any atom is -0.468 e. The first-order valence-electron chi connectivity index (χ1n) is 4.89. The predicted octanol–water partition coefficient (Wildman–Crippen LogP) is 2.73. The van der Waals surface area contributed by atoms with E-state index in [1.807, 2.05) is 12.1 Å². The SMILES string of the molecule is CC(NC1CC1(C)C)c1ccco1. The molecule has 2 unspecified atom stereocenters. The van der Waals surface area contributed by atoms with E-state index in [-0.39, 0.29) is 0 Å². The summed E-state index contributed by atoms with van der Waals surface area (Å²) in [5.41, 5.74) is 0.487. The van der Waals surface area contributed by atoms with Crippen LogP contribution < -0.4 is 5.32 Å². The molecule has 0 bridgehead atoms. The molecule has 0 saturated heterocycles. The average Bonchev–Trinajstić information content (AvgIpc) is 2.58. The zero-order valence-corrected chi connectivity index (χ0v) is 8.50. The molecule has 1 aromatic heterocycles. The second-order valence-corrected chi connectivity index (χ2v) is 4.65. The van der Waals surface area contributed by atoms with E-state index in [0.29, 0.717) is 17.5 Å². The van der Waals surface area contributed by atoms with E-state index >= 15 is 0 Å². The first-order chi connectivity index (χ1) is 6.09. The molecule has 0 spiro atoms. The molecule has 1 aliphatic rings. The number of rotatable bonds is 3. The number of hydrogen-bond donors (Lipinski definition) is 1. The molecule has 0 aliphatic heterocycles. The van der Waals surface area contributed by atoms with Gasteiger partial charge in [-0.05, 0) is 30.9 Å². The Morgan fingerprint density at radius 1 is 1.62 bits per heavy atom. The van der Waals surface area contributed by atoms with Crippen molar-refractivity contribution in [3.05, 3.63) is 24.2 Å². The molecule has 2 atom stereocenters. The highest BCUT2D eigenvalue weighted by Gasteiger charge is 2.46. The minimum atomic E-state index is 0.335. The van der Waals surface area contributed by atoms with E-state index in [9.17, 15) is 0 Å². The van der Waals surface area contributed by atoms with Gasteiger partial charge in [0, 0.05) is 6.04 Å². The Morgan fingerprint density at radius 2 is 2.31 bits per heavy atom. The highest BCUT2D eigenvalue weighted by molar-refractivity contribution is 5.08. The highest BCUT2D eigenvalue weighted by Crippen LogP contribution is 2.45. The molecule has 1 aliphatic carbocycles. The van der Waals surface area contributed by atoms with Crippen LogP contribution in [0.25, 0.3) is 0 Å². The summed E-state index contributed by atoms with van der Waals surface area (Å²) in [5, 5.41) is 3.55. The Kier molecular flexibility index (Phi) is 1.95. The molecule has 1 aromatic rings. The fourth-order valence-corrected chi connectivity index (χ4v) is 1.67. The van der Waals surface area contributed by atoms with Crippen LogP contribution in [0.15, 0.2) is 22.8 Å². The molecule has 13 heavy (non-hydrogen) atoms. The summed E-state index contributed by atoms with van der Waals surface area (Å²) < 4.78 is 5.33. The van der Waals surface area contributed by atoms with Crippen molar-refractivity contribution in [3.8, 4) is 0 Å². The maximum atomic E-state index is 5.33. The van der Waals surface area contributed by atoms with Crippen LogP contribution in [0.3, 0.4) is 0 Å². The van der Waals surface area contributed by atoms with E-state index in [4.69, 9.17) is 4.42 Å². The van der Waals surface area contributed by atoms with Crippen molar-refractivity contribution in [1.82, 2.24) is 5.32 Å². The Balaban J connectivity index is 1.90. The summed E-state index contributed by atoms with van der Waals surface area (Å²) in [5.74, 6) is 1.03. The fourth-order valence-electron chi connectivity index (χ4n) is 1.67. The summed E-state index contributed by atoms with van der Waals surface area (Å²) in [6, 6.07) is 4.95. The maximum absolute atomic E-state index is 5.33. The molecule has 0 aromatic carbocycles. The minimum absolute atomic E-state index is 0.335. The van der Waals surface area contributed by atoms with Crippen LogP contribution in [-0.4, -0.2) is 6.04 Å². The first-order valence-corrected chi connectivity index (χ1v) is 4.89. The van der Waals surface area contributed by atoms with Crippen LogP contribution >= 0.6 is 0 Å². The van der Waals surface area contributed by atoms with Gasteiger partial charge in [0.1, 0.15) is 5.76 Å². The van der Waals surface area contributed by atoms with E-state index in [2.05, 4.69) is 26.1 Å². The summed E-state index contributed by atoms with van der Waals surface area (Å²) >= 11 is 0. The topological polar surface area (TPSA) is 25.2 Å². The molecule has 1 fully saturated rings. The summed E-state index contributed by atoms with van der Waals surface area (Å²) in [6.07, 6.45) is 3.00. The van der Waals surface area contributed by atoms with Gasteiger partial charge in [-0.3, -0.25) is 0 Å². The van der Waals surface area contributed by atoms with Gasteiger partial charge in [0.25, 0.3) is 0 Å². The first kappa shape index (κ1) is 8.82. The average molecular weight is 179 g/mol. The molecule has 2 nitrogen and oxygen atoms in total. The number of furan rings is 1. The van der Waals surface area contributed by atoms with Gasteiger partial charge < -0.3 is 9.73 Å². The van der Waals surface area contributed by atoms with Crippen LogP contribution in [0.5, 0.6) is 0 Å². The van der Waals surface area contributed by atoms with Gasteiger partial charge in [-0.25, -0.2) is 0 Å². The molecular weight excluding hydrogens is 162 g/mol. The van der Waals surface area contributed by atoms with Gasteiger partial charge in [0.15, 0.2) is 0 Å². The lowest BCUT2D eigenvalue weighted by atomic mass is 10.1. The molecule has 2 rings (SSSR count). The van der Waals surface area contributed by atoms with E-state index in [0.717, 1.165) is 5.76 Å². The normalized spacial score (nSPS) is 27.2. The zero-order chi connectivity index (χ0) is 9.47. The summed E-state index contributed by atoms with van der Waals surface area (Å²) in [4.78, 5) is 0. The summed E-state index contributed by atoms with van der Waals surface area (Å²) in [7, 11) is 0. The molecule has 0 radical (unpaired) electrons. The van der Waals surface area contributed by atoms with Gasteiger partial charge in [-0.15, -0.1) is 0 Å². The van der Waals surface area contributed by atoms with Crippen molar-refractivity contribution in [2.75, 3.05) is 0 Å². The lowest BCUT2D eigenvalue weighted by molar-refractivity contribution is 0.410. The largest absolute Gasteiger partial charge is 0.468 e.